The number of benzene rings is 2. The highest BCUT2D eigenvalue weighted by Crippen LogP contribution is 2.43. The molecule has 1 N–H and O–H groups in total. The number of likely N-dealkylation sites (tertiary alicyclic amines) is 1. The molecule has 9 heteroatoms. The minimum atomic E-state index is -4.58. The second kappa shape index (κ2) is 8.13. The van der Waals surface area contributed by atoms with E-state index in [9.17, 15) is 22.8 Å². The topological polar surface area (TPSA) is 74.1 Å². The number of amides is 2. The van der Waals surface area contributed by atoms with Crippen molar-refractivity contribution in [2.24, 2.45) is 16.1 Å². The van der Waals surface area contributed by atoms with Crippen LogP contribution in [0.15, 0.2) is 52.7 Å². The molecule has 2 aromatic rings. The molecule has 0 aromatic heterocycles. The maximum Gasteiger partial charge on any atom is 0.418 e. The quantitative estimate of drug-likeness (QED) is 0.666. The van der Waals surface area contributed by atoms with Gasteiger partial charge >= 0.3 is 6.18 Å². The lowest BCUT2D eigenvalue weighted by atomic mass is 9.98. The lowest BCUT2D eigenvalue weighted by Crippen LogP contribution is -2.37. The molecule has 2 amide bonds. The van der Waals surface area contributed by atoms with Crippen molar-refractivity contribution in [3.8, 4) is 0 Å². The number of hydrogen-bond donors (Lipinski definition) is 1. The molecule has 162 valence electrons. The Kier molecular flexibility index (Phi) is 5.51. The summed E-state index contributed by atoms with van der Waals surface area (Å²) in [6.45, 7) is 3.64. The third-order valence-corrected chi connectivity index (χ3v) is 5.67. The van der Waals surface area contributed by atoms with E-state index in [1.165, 1.54) is 12.1 Å². The Bertz CT molecular complexity index is 1030. The Balaban J connectivity index is 1.49. The molecule has 2 aromatic carbocycles. The van der Waals surface area contributed by atoms with Crippen LogP contribution in [-0.2, 0) is 11.0 Å². The van der Waals surface area contributed by atoms with Crippen LogP contribution in [0.5, 0.6) is 0 Å². The van der Waals surface area contributed by atoms with E-state index in [0.717, 1.165) is 32.0 Å². The van der Waals surface area contributed by atoms with Crippen LogP contribution in [-0.4, -0.2) is 29.8 Å². The second-order valence-electron chi connectivity index (χ2n) is 7.90. The number of azo groups is 1. The molecule has 0 radical (unpaired) electrons. The van der Waals surface area contributed by atoms with Gasteiger partial charge in [-0.2, -0.15) is 23.4 Å². The number of rotatable bonds is 3. The van der Waals surface area contributed by atoms with Crippen LogP contribution in [0.25, 0.3) is 0 Å². The van der Waals surface area contributed by atoms with Crippen molar-refractivity contribution in [3.63, 3.8) is 0 Å². The summed E-state index contributed by atoms with van der Waals surface area (Å²) in [5, 5.41) is 10.2. The molecule has 2 aliphatic rings. The van der Waals surface area contributed by atoms with Crippen molar-refractivity contribution >= 4 is 23.2 Å². The van der Waals surface area contributed by atoms with Crippen LogP contribution in [0.2, 0.25) is 0 Å². The van der Waals surface area contributed by atoms with Crippen LogP contribution in [0.1, 0.15) is 47.3 Å². The first-order chi connectivity index (χ1) is 14.7. The lowest BCUT2D eigenvalue weighted by molar-refractivity contribution is -0.136. The van der Waals surface area contributed by atoms with Gasteiger partial charge in [0.15, 0.2) is 6.04 Å². The van der Waals surface area contributed by atoms with E-state index >= 15 is 0 Å². The summed E-state index contributed by atoms with van der Waals surface area (Å²) in [6.07, 6.45) is -2.61. The van der Waals surface area contributed by atoms with Gasteiger partial charge in [0.1, 0.15) is 0 Å². The van der Waals surface area contributed by atoms with Crippen molar-refractivity contribution in [1.82, 2.24) is 4.90 Å². The first kappa shape index (κ1) is 21.0. The zero-order valence-electron chi connectivity index (χ0n) is 16.8. The molecule has 4 rings (SSSR count). The molecule has 2 heterocycles. The number of carbonyl (C=O) groups is 2. The van der Waals surface area contributed by atoms with Crippen LogP contribution < -0.4 is 5.32 Å². The van der Waals surface area contributed by atoms with Crippen molar-refractivity contribution in [2.45, 2.75) is 32.0 Å². The van der Waals surface area contributed by atoms with Gasteiger partial charge in [-0.05, 0) is 49.1 Å². The molecule has 1 fully saturated rings. The molecule has 31 heavy (non-hydrogen) atoms. The summed E-state index contributed by atoms with van der Waals surface area (Å²) < 4.78 is 39.5. The van der Waals surface area contributed by atoms with Crippen molar-refractivity contribution in [2.75, 3.05) is 18.4 Å². The molecular formula is C22H21F3N4O2. The van der Waals surface area contributed by atoms with Gasteiger partial charge < -0.3 is 10.2 Å². The van der Waals surface area contributed by atoms with Crippen LogP contribution >= 0.6 is 0 Å². The average Bonchev–Trinajstić information content (AvgIpc) is 3.07. The lowest BCUT2D eigenvalue weighted by Gasteiger charge is -2.30. The van der Waals surface area contributed by atoms with Crippen molar-refractivity contribution in [3.05, 3.63) is 59.2 Å². The van der Waals surface area contributed by atoms with Crippen LogP contribution in [0, 0.1) is 5.92 Å². The molecule has 2 aliphatic heterocycles. The number of fused-ring (bicyclic) bond motifs is 1. The molecule has 0 bridgehead atoms. The van der Waals surface area contributed by atoms with Gasteiger partial charge in [-0.3, -0.25) is 9.59 Å². The third-order valence-electron chi connectivity index (χ3n) is 5.67. The minimum Gasteiger partial charge on any atom is -0.339 e. The first-order valence-corrected chi connectivity index (χ1v) is 10.0. The Morgan fingerprint density at radius 3 is 2.42 bits per heavy atom. The fraction of sp³-hybridized carbons (Fsp3) is 0.364. The minimum absolute atomic E-state index is 0.0424. The number of halogens is 3. The maximum atomic E-state index is 13.2. The predicted molar refractivity (Wildman–Crippen MR) is 108 cm³/mol. The van der Waals surface area contributed by atoms with Gasteiger partial charge in [0.05, 0.1) is 16.9 Å². The Morgan fingerprint density at radius 1 is 1.10 bits per heavy atom. The number of carbonyl (C=O) groups excluding carboxylic acids is 2. The van der Waals surface area contributed by atoms with E-state index < -0.39 is 23.7 Å². The highest BCUT2D eigenvalue weighted by molar-refractivity contribution is 6.03. The molecule has 0 aliphatic carbocycles. The van der Waals surface area contributed by atoms with Crippen molar-refractivity contribution in [1.29, 1.82) is 0 Å². The van der Waals surface area contributed by atoms with Gasteiger partial charge in [0.25, 0.3) is 11.8 Å². The highest BCUT2D eigenvalue weighted by Gasteiger charge is 2.40. The predicted octanol–water partition coefficient (Wildman–Crippen LogP) is 5.35. The summed E-state index contributed by atoms with van der Waals surface area (Å²) in [5.74, 6) is -0.0855. The summed E-state index contributed by atoms with van der Waals surface area (Å²) in [6, 6.07) is 8.90. The van der Waals surface area contributed by atoms with Gasteiger partial charge in [-0.25, -0.2) is 0 Å². The van der Waals surface area contributed by atoms with Gasteiger partial charge in [-0.15, -0.1) is 0 Å². The van der Waals surface area contributed by atoms with E-state index in [1.807, 2.05) is 4.90 Å². The largest absolute Gasteiger partial charge is 0.418 e. The van der Waals surface area contributed by atoms with Gasteiger partial charge in [0.2, 0.25) is 0 Å². The number of anilines is 1. The monoisotopic (exact) mass is 430 g/mol. The number of alkyl halides is 3. The number of piperidine rings is 1. The summed E-state index contributed by atoms with van der Waals surface area (Å²) in [5.41, 5.74) is -0.120. The molecular weight excluding hydrogens is 409 g/mol. The standard InChI is InChI=1S/C22H21F3N4O2/c1-13-9-11-29(12-10-13)21(31)14-5-7-15(8-6-14)27-28-19-16-3-2-4-17(22(23,24)25)18(16)26-20(19)30/h2-8,13,19H,9-12H2,1H3,(H,26,30). The molecule has 1 atom stereocenters. The number of hydrogen-bond acceptors (Lipinski definition) is 4. The Morgan fingerprint density at radius 2 is 1.77 bits per heavy atom. The summed E-state index contributed by atoms with van der Waals surface area (Å²) in [4.78, 5) is 26.6. The van der Waals surface area contributed by atoms with E-state index in [4.69, 9.17) is 0 Å². The fourth-order valence-corrected chi connectivity index (χ4v) is 3.81. The smallest absolute Gasteiger partial charge is 0.339 e. The highest BCUT2D eigenvalue weighted by atomic mass is 19.4. The maximum absolute atomic E-state index is 13.2. The first-order valence-electron chi connectivity index (χ1n) is 10.0. The fourth-order valence-electron chi connectivity index (χ4n) is 3.81. The molecule has 6 nitrogen and oxygen atoms in total. The second-order valence-corrected chi connectivity index (χ2v) is 7.90. The molecule has 0 spiro atoms. The number of nitrogens with zero attached hydrogens (tertiary/aromatic N) is 3. The number of nitrogens with one attached hydrogen (secondary N) is 1. The molecule has 0 saturated carbocycles. The van der Waals surface area contributed by atoms with Crippen LogP contribution in [0.4, 0.5) is 24.5 Å². The van der Waals surface area contributed by atoms with E-state index in [-0.39, 0.29) is 17.2 Å². The summed E-state index contributed by atoms with van der Waals surface area (Å²) >= 11 is 0. The van der Waals surface area contributed by atoms with Gasteiger partial charge in [-0.1, -0.05) is 19.1 Å². The molecule has 1 saturated heterocycles. The van der Waals surface area contributed by atoms with E-state index in [2.05, 4.69) is 22.5 Å². The number of para-hydroxylation sites is 1. The molecule has 1 unspecified atom stereocenters. The Labute approximate surface area is 177 Å². The zero-order valence-corrected chi connectivity index (χ0v) is 16.8. The zero-order chi connectivity index (χ0) is 22.2. The normalized spacial score (nSPS) is 19.5. The van der Waals surface area contributed by atoms with Crippen LogP contribution in [0.3, 0.4) is 0 Å². The van der Waals surface area contributed by atoms with Crippen molar-refractivity contribution < 1.29 is 22.8 Å². The average molecular weight is 430 g/mol. The Hall–Kier alpha value is -3.23. The van der Waals surface area contributed by atoms with Gasteiger partial charge in [0, 0.05) is 24.2 Å². The third kappa shape index (κ3) is 4.30. The SMILES string of the molecule is CC1CCN(C(=O)c2ccc(N=NC3C(=O)Nc4c3cccc4C(F)(F)F)cc2)CC1. The van der Waals surface area contributed by atoms with E-state index in [1.54, 1.807) is 24.3 Å². The van der Waals surface area contributed by atoms with E-state index in [0.29, 0.717) is 17.2 Å². The summed E-state index contributed by atoms with van der Waals surface area (Å²) in [7, 11) is 0.